The minimum absolute atomic E-state index is 0.568. The van der Waals surface area contributed by atoms with E-state index in [1.54, 1.807) is 0 Å². The Kier molecular flexibility index (Phi) is 3.80. The van der Waals surface area contributed by atoms with Crippen LogP contribution >= 0.6 is 0 Å². The summed E-state index contributed by atoms with van der Waals surface area (Å²) in [5.74, 6) is 1.36. The minimum atomic E-state index is 0.568. The van der Waals surface area contributed by atoms with Crippen LogP contribution in [0.15, 0.2) is 24.3 Å². The van der Waals surface area contributed by atoms with Crippen molar-refractivity contribution in [3.63, 3.8) is 0 Å². The van der Waals surface area contributed by atoms with Gasteiger partial charge in [0.25, 0.3) is 0 Å². The van der Waals surface area contributed by atoms with Crippen LogP contribution in [0.2, 0.25) is 0 Å². The van der Waals surface area contributed by atoms with E-state index in [-0.39, 0.29) is 0 Å². The smallest absolute Gasteiger partial charge is 0.145 e. The Hall–Kier alpha value is -1.72. The van der Waals surface area contributed by atoms with Gasteiger partial charge in [-0.2, -0.15) is 0 Å². The third-order valence-electron chi connectivity index (χ3n) is 3.78. The molecular formula is C15H21N5. The first-order valence-corrected chi connectivity index (χ1v) is 7.15. The van der Waals surface area contributed by atoms with Gasteiger partial charge in [-0.1, -0.05) is 12.1 Å². The SMILES string of the molecule is CN(Cc1nc(N)c2ccccc2n1)CC1CCCN1. The molecular weight excluding hydrogens is 250 g/mol. The van der Waals surface area contributed by atoms with Crippen LogP contribution in [0, 0.1) is 0 Å². The Morgan fingerprint density at radius 2 is 2.20 bits per heavy atom. The highest BCUT2D eigenvalue weighted by Gasteiger charge is 2.16. The van der Waals surface area contributed by atoms with Crippen molar-refractivity contribution in [3.8, 4) is 0 Å². The van der Waals surface area contributed by atoms with Crippen molar-refractivity contribution in [2.45, 2.75) is 25.4 Å². The fourth-order valence-electron chi connectivity index (χ4n) is 2.82. The predicted molar refractivity (Wildman–Crippen MR) is 81.3 cm³/mol. The molecule has 0 aliphatic carbocycles. The number of hydrogen-bond acceptors (Lipinski definition) is 5. The maximum absolute atomic E-state index is 6.01. The lowest BCUT2D eigenvalue weighted by molar-refractivity contribution is 0.287. The normalized spacial score (nSPS) is 19.0. The highest BCUT2D eigenvalue weighted by atomic mass is 15.2. The van der Waals surface area contributed by atoms with E-state index in [0.717, 1.165) is 36.4 Å². The highest BCUT2D eigenvalue weighted by molar-refractivity contribution is 5.87. The number of nitrogen functional groups attached to an aromatic ring is 1. The molecule has 5 heteroatoms. The summed E-state index contributed by atoms with van der Waals surface area (Å²) in [5.41, 5.74) is 6.93. The lowest BCUT2D eigenvalue weighted by atomic mass is 10.2. The van der Waals surface area contributed by atoms with Gasteiger partial charge in [0.15, 0.2) is 0 Å². The second-order valence-corrected chi connectivity index (χ2v) is 5.53. The van der Waals surface area contributed by atoms with Crippen LogP contribution in [-0.4, -0.2) is 41.0 Å². The maximum atomic E-state index is 6.01. The van der Waals surface area contributed by atoms with Crippen molar-refractivity contribution < 1.29 is 0 Å². The first-order valence-electron chi connectivity index (χ1n) is 7.15. The largest absolute Gasteiger partial charge is 0.383 e. The van der Waals surface area contributed by atoms with Gasteiger partial charge in [-0.25, -0.2) is 9.97 Å². The molecule has 3 rings (SSSR count). The number of anilines is 1. The number of likely N-dealkylation sites (N-methyl/N-ethyl adjacent to an activating group) is 1. The molecule has 1 atom stereocenters. The quantitative estimate of drug-likeness (QED) is 0.880. The second-order valence-electron chi connectivity index (χ2n) is 5.53. The molecule has 0 amide bonds. The Balaban J connectivity index is 1.73. The molecule has 20 heavy (non-hydrogen) atoms. The monoisotopic (exact) mass is 271 g/mol. The zero-order valence-electron chi connectivity index (χ0n) is 11.8. The van der Waals surface area contributed by atoms with E-state index in [2.05, 4.69) is 27.2 Å². The van der Waals surface area contributed by atoms with E-state index in [1.807, 2.05) is 24.3 Å². The number of nitrogens with one attached hydrogen (secondary N) is 1. The summed E-state index contributed by atoms with van der Waals surface area (Å²) < 4.78 is 0. The van der Waals surface area contributed by atoms with E-state index in [1.165, 1.54) is 12.8 Å². The van der Waals surface area contributed by atoms with E-state index in [9.17, 15) is 0 Å². The summed E-state index contributed by atoms with van der Waals surface area (Å²) in [5, 5.41) is 4.43. The van der Waals surface area contributed by atoms with Gasteiger partial charge >= 0.3 is 0 Å². The fourth-order valence-corrected chi connectivity index (χ4v) is 2.82. The van der Waals surface area contributed by atoms with Gasteiger partial charge in [0.1, 0.15) is 11.6 Å². The topological polar surface area (TPSA) is 67.1 Å². The molecule has 2 heterocycles. The third kappa shape index (κ3) is 2.89. The van der Waals surface area contributed by atoms with Gasteiger partial charge in [-0.05, 0) is 38.6 Å². The molecule has 3 N–H and O–H groups in total. The Morgan fingerprint density at radius 1 is 1.35 bits per heavy atom. The third-order valence-corrected chi connectivity index (χ3v) is 3.78. The summed E-state index contributed by atoms with van der Waals surface area (Å²) in [6.07, 6.45) is 2.53. The van der Waals surface area contributed by atoms with E-state index >= 15 is 0 Å². The van der Waals surface area contributed by atoms with Crippen LogP contribution in [0.25, 0.3) is 10.9 Å². The molecule has 1 unspecified atom stereocenters. The van der Waals surface area contributed by atoms with Crippen molar-refractivity contribution in [1.29, 1.82) is 0 Å². The summed E-state index contributed by atoms with van der Waals surface area (Å²) in [4.78, 5) is 11.3. The van der Waals surface area contributed by atoms with Gasteiger partial charge in [-0.3, -0.25) is 4.90 Å². The fraction of sp³-hybridized carbons (Fsp3) is 0.467. The second kappa shape index (κ2) is 5.73. The molecule has 1 aromatic carbocycles. The number of rotatable bonds is 4. The van der Waals surface area contributed by atoms with Crippen molar-refractivity contribution in [1.82, 2.24) is 20.2 Å². The van der Waals surface area contributed by atoms with Crippen molar-refractivity contribution >= 4 is 16.7 Å². The Morgan fingerprint density at radius 3 is 3.00 bits per heavy atom. The number of nitrogens with two attached hydrogens (primary N) is 1. The lowest BCUT2D eigenvalue weighted by Crippen LogP contribution is -2.35. The first kappa shape index (κ1) is 13.3. The minimum Gasteiger partial charge on any atom is -0.383 e. The van der Waals surface area contributed by atoms with Crippen molar-refractivity contribution in [3.05, 3.63) is 30.1 Å². The summed E-state index contributed by atoms with van der Waals surface area (Å²) in [6.45, 7) is 2.89. The highest BCUT2D eigenvalue weighted by Crippen LogP contribution is 2.17. The zero-order valence-corrected chi connectivity index (χ0v) is 11.8. The number of fused-ring (bicyclic) bond motifs is 1. The van der Waals surface area contributed by atoms with Gasteiger partial charge in [0.05, 0.1) is 12.1 Å². The number of aromatic nitrogens is 2. The predicted octanol–water partition coefficient (Wildman–Crippen LogP) is 1.40. The molecule has 0 bridgehead atoms. The van der Waals surface area contributed by atoms with Gasteiger partial charge in [0.2, 0.25) is 0 Å². The van der Waals surface area contributed by atoms with Crippen LogP contribution in [0.3, 0.4) is 0 Å². The summed E-state index contributed by atoms with van der Waals surface area (Å²) in [7, 11) is 2.11. The molecule has 0 saturated carbocycles. The van der Waals surface area contributed by atoms with E-state index in [4.69, 9.17) is 5.73 Å². The Labute approximate surface area is 119 Å². The molecule has 2 aromatic rings. The van der Waals surface area contributed by atoms with Crippen LogP contribution in [-0.2, 0) is 6.54 Å². The lowest BCUT2D eigenvalue weighted by Gasteiger charge is -2.20. The Bertz CT molecular complexity index is 592. The van der Waals surface area contributed by atoms with Crippen molar-refractivity contribution in [2.75, 3.05) is 25.9 Å². The molecule has 0 spiro atoms. The van der Waals surface area contributed by atoms with Crippen LogP contribution in [0.5, 0.6) is 0 Å². The van der Waals surface area contributed by atoms with Crippen LogP contribution in [0.4, 0.5) is 5.82 Å². The molecule has 1 aromatic heterocycles. The summed E-state index contributed by atoms with van der Waals surface area (Å²) in [6, 6.07) is 8.47. The molecule has 1 aliphatic heterocycles. The molecule has 1 aliphatic rings. The number of para-hydroxylation sites is 1. The molecule has 1 saturated heterocycles. The summed E-state index contributed by atoms with van der Waals surface area (Å²) >= 11 is 0. The number of benzene rings is 1. The first-order chi connectivity index (χ1) is 9.72. The number of nitrogens with zero attached hydrogens (tertiary/aromatic N) is 3. The number of hydrogen-bond donors (Lipinski definition) is 2. The standard InChI is InChI=1S/C15H21N5/c1-20(9-11-5-4-8-17-11)10-14-18-13-7-3-2-6-12(13)15(16)19-14/h2-3,6-7,11,17H,4-5,8-10H2,1H3,(H2,16,18,19). The molecule has 0 radical (unpaired) electrons. The van der Waals surface area contributed by atoms with E-state index < -0.39 is 0 Å². The average molecular weight is 271 g/mol. The molecule has 1 fully saturated rings. The van der Waals surface area contributed by atoms with E-state index in [0.29, 0.717) is 11.9 Å². The maximum Gasteiger partial charge on any atom is 0.145 e. The van der Waals surface area contributed by atoms with Crippen LogP contribution < -0.4 is 11.1 Å². The van der Waals surface area contributed by atoms with Gasteiger partial charge in [0, 0.05) is 18.0 Å². The van der Waals surface area contributed by atoms with Gasteiger partial charge < -0.3 is 11.1 Å². The van der Waals surface area contributed by atoms with Crippen LogP contribution in [0.1, 0.15) is 18.7 Å². The molecule has 5 nitrogen and oxygen atoms in total. The zero-order chi connectivity index (χ0) is 13.9. The average Bonchev–Trinajstić information content (AvgIpc) is 2.91. The van der Waals surface area contributed by atoms with Gasteiger partial charge in [-0.15, -0.1) is 0 Å². The van der Waals surface area contributed by atoms with Crippen molar-refractivity contribution in [2.24, 2.45) is 0 Å². The molecule has 106 valence electrons.